The highest BCUT2D eigenvalue weighted by atomic mass is 16.6. The van der Waals surface area contributed by atoms with E-state index < -0.39 is 82.6 Å². The average molecular weight is 578 g/mol. The summed E-state index contributed by atoms with van der Waals surface area (Å²) in [6.07, 6.45) is 2.59. The SMILES string of the molecule is [3H]C(O)C1=C[C@H]2[C@@H]3C(C)(C)[C@]3(OC(=O)CCC)[C@H](OC(=O)CCC)[C@@H](C)[C@]2(O)[C@@H]2C=C(C)[C@H](O/C(O)=C\[N+]#N)[C@@]2(O)C1. The van der Waals surface area contributed by atoms with Crippen LogP contribution in [0.4, 0.5) is 0 Å². The number of hydrogen-bond acceptors (Lipinski definition) is 10. The maximum absolute atomic E-state index is 13.0. The molecule has 0 aromatic carbocycles. The molecule has 11 heteroatoms. The monoisotopic (exact) mass is 577 g/mol. The second-order valence-corrected chi connectivity index (χ2v) is 12.6. The normalized spacial score (nSPS) is 41.6. The van der Waals surface area contributed by atoms with E-state index in [0.29, 0.717) is 24.6 Å². The molecule has 41 heavy (non-hydrogen) atoms. The van der Waals surface area contributed by atoms with Crippen LogP contribution in [0.15, 0.2) is 35.4 Å². The molecule has 0 aromatic rings. The van der Waals surface area contributed by atoms with Gasteiger partial charge in [-0.3, -0.25) is 9.59 Å². The first-order chi connectivity index (χ1) is 19.6. The number of hydrogen-bond donors (Lipinski definition) is 4. The second-order valence-electron chi connectivity index (χ2n) is 12.6. The van der Waals surface area contributed by atoms with Gasteiger partial charge in [0, 0.05) is 48.3 Å². The Morgan fingerprint density at radius 1 is 1.17 bits per heavy atom. The Balaban J connectivity index is 1.93. The van der Waals surface area contributed by atoms with Gasteiger partial charge in [0.25, 0.3) is 0 Å². The minimum atomic E-state index is -1.98. The fourth-order valence-electron chi connectivity index (χ4n) is 8.14. The third-order valence-corrected chi connectivity index (χ3v) is 9.90. The molecular weight excluding hydrogens is 532 g/mol. The molecule has 4 rings (SSSR count). The van der Waals surface area contributed by atoms with Gasteiger partial charge in [0.05, 0.1) is 13.6 Å². The first-order valence-corrected chi connectivity index (χ1v) is 14.3. The van der Waals surface area contributed by atoms with Gasteiger partial charge in [0.1, 0.15) is 11.7 Å². The van der Waals surface area contributed by atoms with Crippen LogP contribution in [0, 0.1) is 34.5 Å². The lowest BCUT2D eigenvalue weighted by molar-refractivity contribution is -0.237. The maximum Gasteiger partial charge on any atom is 0.429 e. The number of aliphatic hydroxyl groups excluding tert-OH is 2. The van der Waals surface area contributed by atoms with Crippen LogP contribution in [0.3, 0.4) is 0 Å². The molecule has 0 bridgehead atoms. The lowest BCUT2D eigenvalue weighted by Crippen LogP contribution is -2.66. The van der Waals surface area contributed by atoms with Gasteiger partial charge in [-0.05, 0) is 30.9 Å². The molecule has 2 fully saturated rings. The van der Waals surface area contributed by atoms with Crippen molar-refractivity contribution in [3.8, 4) is 0 Å². The molecule has 0 aliphatic heterocycles. The summed E-state index contributed by atoms with van der Waals surface area (Å²) in [6.45, 7) is 9.00. The Kier molecular flexibility index (Phi) is 7.72. The predicted octanol–water partition coefficient (Wildman–Crippen LogP) is 3.66. The summed E-state index contributed by atoms with van der Waals surface area (Å²) in [7, 11) is 0. The second kappa shape index (κ2) is 10.7. The van der Waals surface area contributed by atoms with E-state index in [4.69, 9.17) is 21.0 Å². The first-order valence-electron chi connectivity index (χ1n) is 14.9. The Labute approximate surface area is 241 Å². The molecule has 0 spiro atoms. The quantitative estimate of drug-likeness (QED) is 0.137. The Morgan fingerprint density at radius 3 is 2.39 bits per heavy atom. The van der Waals surface area contributed by atoms with Crippen LogP contribution in [0.2, 0.25) is 0 Å². The summed E-state index contributed by atoms with van der Waals surface area (Å²) in [5.41, 5.74) is -5.37. The topological polar surface area (TPSA) is 171 Å². The van der Waals surface area contributed by atoms with Crippen LogP contribution in [-0.2, 0) is 23.8 Å². The van der Waals surface area contributed by atoms with Crippen molar-refractivity contribution in [1.82, 2.24) is 0 Å². The molecule has 4 N–H and O–H groups in total. The minimum absolute atomic E-state index is 0.112. The Morgan fingerprint density at radius 2 is 1.80 bits per heavy atom. The van der Waals surface area contributed by atoms with Gasteiger partial charge in [0.2, 0.25) is 5.39 Å². The maximum atomic E-state index is 13.0. The van der Waals surface area contributed by atoms with E-state index in [1.54, 1.807) is 26.0 Å². The van der Waals surface area contributed by atoms with Crippen LogP contribution < -0.4 is 0 Å². The van der Waals surface area contributed by atoms with Crippen LogP contribution in [0.25, 0.3) is 4.98 Å². The zero-order valence-electron chi connectivity index (χ0n) is 25.5. The number of aliphatic hydroxyl groups is 4. The summed E-state index contributed by atoms with van der Waals surface area (Å²) >= 11 is 0. The van der Waals surface area contributed by atoms with Crippen molar-refractivity contribution in [2.45, 2.75) is 103 Å². The van der Waals surface area contributed by atoms with Gasteiger partial charge < -0.3 is 34.6 Å². The molecule has 0 radical (unpaired) electrons. The number of carbonyl (C=O) groups excluding carboxylic acids is 2. The summed E-state index contributed by atoms with van der Waals surface area (Å²) in [5, 5.41) is 54.8. The summed E-state index contributed by atoms with van der Waals surface area (Å²) in [6, 6.07) is 0. The molecule has 0 amide bonds. The van der Waals surface area contributed by atoms with Gasteiger partial charge in [-0.25, -0.2) is 0 Å². The Hall–Kier alpha value is -2.94. The molecule has 226 valence electrons. The van der Waals surface area contributed by atoms with E-state index in [-0.39, 0.29) is 24.8 Å². The number of diazo groups is 1. The summed E-state index contributed by atoms with van der Waals surface area (Å²) < 4.78 is 26.1. The van der Waals surface area contributed by atoms with Crippen LogP contribution >= 0.6 is 0 Å². The van der Waals surface area contributed by atoms with Crippen molar-refractivity contribution in [3.05, 3.63) is 40.4 Å². The van der Waals surface area contributed by atoms with Gasteiger partial charge in [-0.1, -0.05) is 46.8 Å². The fraction of sp³-hybridized carbons (Fsp3) is 0.733. The van der Waals surface area contributed by atoms with Crippen molar-refractivity contribution in [1.29, 1.82) is 5.39 Å². The van der Waals surface area contributed by atoms with Crippen molar-refractivity contribution < 1.29 is 45.6 Å². The molecule has 11 nitrogen and oxygen atoms in total. The lowest BCUT2D eigenvalue weighted by Gasteiger charge is -2.53. The van der Waals surface area contributed by atoms with Gasteiger partial charge in [-0.15, -0.1) is 0 Å². The van der Waals surface area contributed by atoms with E-state index in [1.807, 2.05) is 27.7 Å². The molecule has 0 aromatic heterocycles. The molecule has 2 saturated carbocycles. The van der Waals surface area contributed by atoms with Crippen LogP contribution in [0.1, 0.15) is 75.0 Å². The van der Waals surface area contributed by atoms with Crippen molar-refractivity contribution in [2.24, 2.45) is 29.1 Å². The molecule has 4 aliphatic rings. The van der Waals surface area contributed by atoms with Crippen molar-refractivity contribution in [3.63, 3.8) is 0 Å². The number of ether oxygens (including phenoxy) is 3. The van der Waals surface area contributed by atoms with Gasteiger partial charge >= 0.3 is 24.1 Å². The van der Waals surface area contributed by atoms with Gasteiger partial charge in [-0.2, -0.15) is 0 Å². The third kappa shape index (κ3) is 4.46. The van der Waals surface area contributed by atoms with E-state index in [0.717, 1.165) is 0 Å². The molecule has 4 aliphatic carbocycles. The van der Waals surface area contributed by atoms with Crippen LogP contribution in [-0.4, -0.2) is 68.0 Å². The van der Waals surface area contributed by atoms with Gasteiger partial charge in [0.15, 0.2) is 16.7 Å². The first kappa shape index (κ1) is 29.5. The smallest absolute Gasteiger partial charge is 0.429 e. The van der Waals surface area contributed by atoms with Crippen LogP contribution in [0.5, 0.6) is 0 Å². The number of carbonyl (C=O) groups is 2. The number of rotatable bonds is 9. The van der Waals surface area contributed by atoms with E-state index >= 15 is 0 Å². The lowest BCUT2D eigenvalue weighted by atomic mass is 9.58. The van der Waals surface area contributed by atoms with E-state index in [1.165, 1.54) is 0 Å². The number of nitrogens with zero attached hydrogens (tertiary/aromatic N) is 2. The average Bonchev–Trinajstić information content (AvgIpc) is 3.30. The van der Waals surface area contributed by atoms with E-state index in [2.05, 4.69) is 4.98 Å². The molecule has 10 atom stereocenters. The highest BCUT2D eigenvalue weighted by molar-refractivity contribution is 5.72. The summed E-state index contributed by atoms with van der Waals surface area (Å²) in [5.74, 6) is -5.20. The van der Waals surface area contributed by atoms with Crippen molar-refractivity contribution >= 4 is 11.9 Å². The Bertz CT molecular complexity index is 1260. The zero-order chi connectivity index (χ0) is 31.4. The van der Waals surface area contributed by atoms with Crippen molar-refractivity contribution in [2.75, 3.05) is 6.58 Å². The third-order valence-electron chi connectivity index (χ3n) is 9.90. The van der Waals surface area contributed by atoms with E-state index in [9.17, 15) is 30.0 Å². The predicted molar refractivity (Wildman–Crippen MR) is 146 cm³/mol. The molecular formula is C30H43N2O9+. The zero-order valence-corrected chi connectivity index (χ0v) is 24.5. The number of esters is 2. The largest absolute Gasteiger partial charge is 0.476 e. The molecule has 0 saturated heterocycles. The fourth-order valence-corrected chi connectivity index (χ4v) is 8.14. The molecule has 0 heterocycles. The standard InChI is InChI=1S/C30H42N2O9/c1-7-9-21(34)39-26-17(4)29(38)19(24-27(5,6)30(24,26)41-22(35)10-8-2)12-18(15-33)13-28(37)20(29)11-16(3)25(28)40-23(36)14-32-31/h11-12,14,17,19-20,24-26,33,37-38H,7-10,13,15H2,1-6H3/p+1/b23-14-/t17-,19+,20-,24-,25+,26-,28-,29-,30-/m1/s1/i15T/t15?,17-,19+,20-,24-,25+,26-,28-,29-,30-. The minimum Gasteiger partial charge on any atom is -0.476 e. The highest BCUT2D eigenvalue weighted by Gasteiger charge is 2.88. The molecule has 1 unspecified atom stereocenters. The highest BCUT2D eigenvalue weighted by Crippen LogP contribution is 2.77. The number of fused-ring (bicyclic) bond motifs is 5. The summed E-state index contributed by atoms with van der Waals surface area (Å²) in [4.78, 5) is 28.7.